The van der Waals surface area contributed by atoms with E-state index in [1.807, 2.05) is 33.8 Å². The lowest BCUT2D eigenvalue weighted by Gasteiger charge is -2.18. The number of fused-ring (bicyclic) bond motifs is 1. The van der Waals surface area contributed by atoms with Gasteiger partial charge < -0.3 is 20.9 Å². The Bertz CT molecular complexity index is 748. The summed E-state index contributed by atoms with van der Waals surface area (Å²) < 4.78 is 0. The van der Waals surface area contributed by atoms with E-state index in [0.29, 0.717) is 19.6 Å². The third kappa shape index (κ3) is 7.40. The van der Waals surface area contributed by atoms with Crippen molar-refractivity contribution in [2.24, 2.45) is 10.4 Å². The van der Waals surface area contributed by atoms with Crippen LogP contribution in [0.2, 0.25) is 0 Å². The predicted octanol–water partition coefficient (Wildman–Crippen LogP) is 3.05. The largest absolute Gasteiger partial charge is 0.361 e. The first kappa shape index (κ1) is 23.3. The summed E-state index contributed by atoms with van der Waals surface area (Å²) in [7, 11) is 0. The molecule has 1 amide bonds. The maximum absolute atomic E-state index is 11.9. The summed E-state index contributed by atoms with van der Waals surface area (Å²) in [5, 5.41) is 10.7. The average molecular weight is 485 g/mol. The summed E-state index contributed by atoms with van der Waals surface area (Å²) >= 11 is 0. The molecule has 150 valence electrons. The normalized spacial score (nSPS) is 11.8. The number of halogens is 1. The van der Waals surface area contributed by atoms with Crippen LogP contribution < -0.4 is 16.0 Å². The van der Waals surface area contributed by atoms with Crippen LogP contribution in [0.5, 0.6) is 0 Å². The fourth-order valence-electron chi connectivity index (χ4n) is 2.59. The summed E-state index contributed by atoms with van der Waals surface area (Å²) in [5.41, 5.74) is 2.07. The smallest absolute Gasteiger partial charge is 0.225 e. The molecule has 0 unspecified atom stereocenters. The number of nitrogens with zero attached hydrogens (tertiary/aromatic N) is 1. The molecule has 27 heavy (non-hydrogen) atoms. The molecule has 7 heteroatoms. The number of benzene rings is 1. The maximum Gasteiger partial charge on any atom is 0.225 e. The van der Waals surface area contributed by atoms with E-state index in [0.717, 1.165) is 24.4 Å². The second-order valence-electron chi connectivity index (χ2n) is 7.30. The Morgan fingerprint density at radius 2 is 1.81 bits per heavy atom. The highest BCUT2D eigenvalue weighted by atomic mass is 127. The third-order valence-corrected chi connectivity index (χ3v) is 4.05. The molecule has 0 atom stereocenters. The molecule has 2 rings (SSSR count). The lowest BCUT2D eigenvalue weighted by Crippen LogP contribution is -2.43. The average Bonchev–Trinajstić information content (AvgIpc) is 3.01. The van der Waals surface area contributed by atoms with Crippen LogP contribution in [0, 0.1) is 5.41 Å². The molecular formula is C20H32IN5O. The van der Waals surface area contributed by atoms with Gasteiger partial charge in [-0.15, -0.1) is 24.0 Å². The molecule has 1 aromatic heterocycles. The van der Waals surface area contributed by atoms with Crippen LogP contribution in [0.3, 0.4) is 0 Å². The molecule has 0 saturated carbocycles. The van der Waals surface area contributed by atoms with Gasteiger partial charge in [-0.2, -0.15) is 0 Å². The van der Waals surface area contributed by atoms with Gasteiger partial charge in [0.2, 0.25) is 5.91 Å². The van der Waals surface area contributed by atoms with Crippen LogP contribution >= 0.6 is 24.0 Å². The van der Waals surface area contributed by atoms with Crippen molar-refractivity contribution in [2.75, 3.05) is 26.2 Å². The highest BCUT2D eigenvalue weighted by Gasteiger charge is 2.20. The first-order valence-corrected chi connectivity index (χ1v) is 9.27. The molecule has 6 nitrogen and oxygen atoms in total. The zero-order valence-corrected chi connectivity index (χ0v) is 19.0. The second kappa shape index (κ2) is 11.2. The van der Waals surface area contributed by atoms with Crippen molar-refractivity contribution in [2.45, 2.75) is 34.1 Å². The Morgan fingerprint density at radius 3 is 2.52 bits per heavy atom. The van der Waals surface area contributed by atoms with Crippen molar-refractivity contribution >= 4 is 46.7 Å². The molecule has 0 radical (unpaired) electrons. The van der Waals surface area contributed by atoms with Gasteiger partial charge in [-0.05, 0) is 25.0 Å². The number of carbonyl (C=O) groups is 1. The van der Waals surface area contributed by atoms with Gasteiger partial charge in [-0.25, -0.2) is 0 Å². The van der Waals surface area contributed by atoms with Crippen LogP contribution in [0.4, 0.5) is 0 Å². The number of guanidine groups is 1. The van der Waals surface area contributed by atoms with E-state index in [4.69, 9.17) is 0 Å². The summed E-state index contributed by atoms with van der Waals surface area (Å²) in [5.74, 6) is 0.831. The minimum absolute atomic E-state index is 0. The molecule has 2 aromatic rings. The first-order chi connectivity index (χ1) is 12.4. The third-order valence-electron chi connectivity index (χ3n) is 4.05. The Kier molecular flexibility index (Phi) is 9.62. The summed E-state index contributed by atoms with van der Waals surface area (Å²) in [6, 6.07) is 8.30. The second-order valence-corrected chi connectivity index (χ2v) is 7.30. The number of hydrogen-bond donors (Lipinski definition) is 4. The summed E-state index contributed by atoms with van der Waals surface area (Å²) in [6.07, 6.45) is 2.93. The van der Waals surface area contributed by atoms with Crippen LogP contribution in [0.1, 0.15) is 33.3 Å². The Hall–Kier alpha value is -1.77. The van der Waals surface area contributed by atoms with Gasteiger partial charge in [0.15, 0.2) is 5.96 Å². The molecule has 0 aliphatic heterocycles. The number of hydrogen-bond acceptors (Lipinski definition) is 2. The van der Waals surface area contributed by atoms with Crippen LogP contribution in [-0.4, -0.2) is 43.0 Å². The Balaban J connectivity index is 0.00000364. The fourth-order valence-corrected chi connectivity index (χ4v) is 2.59. The number of aliphatic imine (C=N–C) groups is 1. The highest BCUT2D eigenvalue weighted by Crippen LogP contribution is 2.17. The van der Waals surface area contributed by atoms with E-state index in [1.54, 1.807) is 0 Å². The monoisotopic (exact) mass is 485 g/mol. The van der Waals surface area contributed by atoms with E-state index >= 15 is 0 Å². The van der Waals surface area contributed by atoms with Crippen LogP contribution in [-0.2, 0) is 11.2 Å². The molecule has 1 aromatic carbocycles. The number of nitrogens with one attached hydrogen (secondary N) is 4. The van der Waals surface area contributed by atoms with E-state index in [2.05, 4.69) is 50.3 Å². The Morgan fingerprint density at radius 1 is 1.11 bits per heavy atom. The number of aromatic nitrogens is 1. The molecule has 4 N–H and O–H groups in total. The van der Waals surface area contributed by atoms with Gasteiger partial charge in [0.1, 0.15) is 0 Å². The Labute approximate surface area is 179 Å². The van der Waals surface area contributed by atoms with Crippen molar-refractivity contribution in [3.63, 3.8) is 0 Å². The number of aromatic amines is 1. The molecular weight excluding hydrogens is 453 g/mol. The number of carbonyl (C=O) groups excluding carboxylic acids is 1. The van der Waals surface area contributed by atoms with E-state index < -0.39 is 0 Å². The van der Waals surface area contributed by atoms with Crippen molar-refractivity contribution < 1.29 is 4.79 Å². The van der Waals surface area contributed by atoms with Gasteiger partial charge in [0.25, 0.3) is 0 Å². The quantitative estimate of drug-likeness (QED) is 0.211. The molecule has 0 aliphatic rings. The first-order valence-electron chi connectivity index (χ1n) is 9.27. The van der Waals surface area contributed by atoms with Gasteiger partial charge in [0, 0.05) is 48.7 Å². The number of para-hydroxylation sites is 1. The SMILES string of the molecule is CCNC(=NCCc1c[nH]c2ccccc12)NCCNC(=O)C(C)(C)C.I. The molecule has 0 bridgehead atoms. The zero-order chi connectivity index (χ0) is 19.0. The van der Waals surface area contributed by atoms with Crippen LogP contribution in [0.15, 0.2) is 35.5 Å². The van der Waals surface area contributed by atoms with Crippen molar-refractivity contribution in [3.05, 3.63) is 36.0 Å². The predicted molar refractivity (Wildman–Crippen MR) is 124 cm³/mol. The molecule has 0 fully saturated rings. The maximum atomic E-state index is 11.9. The van der Waals surface area contributed by atoms with Crippen molar-refractivity contribution in [1.82, 2.24) is 20.9 Å². The molecule has 0 aliphatic carbocycles. The number of H-pyrrole nitrogens is 1. The van der Waals surface area contributed by atoms with E-state index in [-0.39, 0.29) is 35.3 Å². The minimum Gasteiger partial charge on any atom is -0.361 e. The number of amides is 1. The topological polar surface area (TPSA) is 81.3 Å². The van der Waals surface area contributed by atoms with E-state index in [1.165, 1.54) is 10.9 Å². The van der Waals surface area contributed by atoms with Gasteiger partial charge in [-0.1, -0.05) is 39.0 Å². The number of rotatable bonds is 7. The van der Waals surface area contributed by atoms with Gasteiger partial charge >= 0.3 is 0 Å². The van der Waals surface area contributed by atoms with Crippen molar-refractivity contribution in [3.8, 4) is 0 Å². The molecule has 0 spiro atoms. The zero-order valence-electron chi connectivity index (χ0n) is 16.7. The molecule has 0 saturated heterocycles. The van der Waals surface area contributed by atoms with Gasteiger partial charge in [-0.3, -0.25) is 9.79 Å². The molecule has 1 heterocycles. The lowest BCUT2D eigenvalue weighted by atomic mass is 9.96. The highest BCUT2D eigenvalue weighted by molar-refractivity contribution is 14.0. The summed E-state index contributed by atoms with van der Waals surface area (Å²) in [6.45, 7) is 10.5. The van der Waals surface area contributed by atoms with Crippen LogP contribution in [0.25, 0.3) is 10.9 Å². The lowest BCUT2D eigenvalue weighted by molar-refractivity contribution is -0.128. The minimum atomic E-state index is -0.363. The van der Waals surface area contributed by atoms with E-state index in [9.17, 15) is 4.79 Å². The van der Waals surface area contributed by atoms with Crippen molar-refractivity contribution in [1.29, 1.82) is 0 Å². The summed E-state index contributed by atoms with van der Waals surface area (Å²) in [4.78, 5) is 19.8. The fraction of sp³-hybridized carbons (Fsp3) is 0.500. The standard InChI is InChI=1S/C20H31N5O.HI/c1-5-21-19(24-13-12-22-18(26)20(2,3)4)23-11-10-15-14-25-17-9-7-6-8-16(15)17;/h6-9,14,25H,5,10-13H2,1-4H3,(H,22,26)(H2,21,23,24);1H. The van der Waals surface area contributed by atoms with Gasteiger partial charge in [0.05, 0.1) is 0 Å².